The highest BCUT2D eigenvalue weighted by atomic mass is 127. The first kappa shape index (κ1) is 20.8. The summed E-state index contributed by atoms with van der Waals surface area (Å²) in [6.07, 6.45) is 0. The minimum Gasteiger partial charge on any atom is -0.493 e. The first-order valence-corrected chi connectivity index (χ1v) is 6.81. The molecule has 1 aromatic carbocycles. The Hall–Kier alpha value is -1.22. The third-order valence-corrected chi connectivity index (χ3v) is 2.93. The van der Waals surface area contributed by atoms with E-state index in [0.29, 0.717) is 18.9 Å². The van der Waals surface area contributed by atoms with E-state index >= 15 is 0 Å². The Balaban J connectivity index is 0.00000441. The van der Waals surface area contributed by atoms with E-state index in [-0.39, 0.29) is 30.0 Å². The van der Waals surface area contributed by atoms with Crippen molar-refractivity contribution in [3.05, 3.63) is 23.8 Å². The van der Waals surface area contributed by atoms with Gasteiger partial charge in [-0.15, -0.1) is 24.0 Å². The van der Waals surface area contributed by atoms with E-state index < -0.39 is 0 Å². The second-order valence-corrected chi connectivity index (χ2v) is 4.62. The number of benzene rings is 1. The number of hydrogen-bond donors (Lipinski definition) is 2. The number of nitrogens with zero attached hydrogens (tertiary/aromatic N) is 1. The normalized spacial score (nSPS) is 12.1. The zero-order chi connectivity index (χ0) is 15.7. The molecule has 0 spiro atoms. The van der Waals surface area contributed by atoms with Crippen LogP contribution in [0.3, 0.4) is 0 Å². The second-order valence-electron chi connectivity index (χ2n) is 4.62. The van der Waals surface area contributed by atoms with Gasteiger partial charge in [0.05, 0.1) is 20.8 Å². The van der Waals surface area contributed by atoms with E-state index in [1.165, 1.54) is 0 Å². The summed E-state index contributed by atoms with van der Waals surface area (Å²) < 4.78 is 15.6. The lowest BCUT2D eigenvalue weighted by Gasteiger charge is -2.17. The molecule has 0 amide bonds. The molecule has 0 aromatic heterocycles. The van der Waals surface area contributed by atoms with Gasteiger partial charge < -0.3 is 24.8 Å². The third-order valence-electron chi connectivity index (χ3n) is 2.93. The van der Waals surface area contributed by atoms with Crippen molar-refractivity contribution in [2.24, 2.45) is 4.99 Å². The van der Waals surface area contributed by atoms with E-state index in [4.69, 9.17) is 14.2 Å². The van der Waals surface area contributed by atoms with Gasteiger partial charge in [0.1, 0.15) is 0 Å². The van der Waals surface area contributed by atoms with E-state index in [9.17, 15) is 0 Å². The van der Waals surface area contributed by atoms with Crippen LogP contribution in [0.5, 0.6) is 11.5 Å². The van der Waals surface area contributed by atoms with Crippen molar-refractivity contribution < 1.29 is 14.2 Å². The third kappa shape index (κ3) is 6.69. The number of nitrogens with one attached hydrogen (secondary N) is 2. The van der Waals surface area contributed by atoms with Crippen molar-refractivity contribution in [3.63, 3.8) is 0 Å². The molecular weight excluding hydrogens is 397 g/mol. The number of rotatable bonds is 7. The average molecular weight is 423 g/mol. The van der Waals surface area contributed by atoms with Crippen molar-refractivity contribution in [3.8, 4) is 11.5 Å². The predicted molar refractivity (Wildman–Crippen MR) is 99.6 cm³/mol. The van der Waals surface area contributed by atoms with Crippen molar-refractivity contribution in [1.29, 1.82) is 0 Å². The SMILES string of the molecule is CN=C(NCc1ccc(OC)c(OC)c1)NC(C)COC.I. The summed E-state index contributed by atoms with van der Waals surface area (Å²) in [6, 6.07) is 6.00. The van der Waals surface area contributed by atoms with E-state index in [2.05, 4.69) is 15.6 Å². The number of guanidine groups is 1. The van der Waals surface area contributed by atoms with Gasteiger partial charge in [0.15, 0.2) is 17.5 Å². The van der Waals surface area contributed by atoms with Crippen molar-refractivity contribution in [2.75, 3.05) is 35.0 Å². The summed E-state index contributed by atoms with van der Waals surface area (Å²) in [4.78, 5) is 4.18. The highest BCUT2D eigenvalue weighted by Crippen LogP contribution is 2.27. The summed E-state index contributed by atoms with van der Waals surface area (Å²) in [6.45, 7) is 3.30. The Labute approximate surface area is 149 Å². The summed E-state index contributed by atoms with van der Waals surface area (Å²) in [5, 5.41) is 6.50. The van der Waals surface area contributed by atoms with Crippen LogP contribution in [-0.4, -0.2) is 47.0 Å². The van der Waals surface area contributed by atoms with Crippen LogP contribution in [0.4, 0.5) is 0 Å². The van der Waals surface area contributed by atoms with Crippen LogP contribution in [-0.2, 0) is 11.3 Å². The van der Waals surface area contributed by atoms with Crippen molar-refractivity contribution in [1.82, 2.24) is 10.6 Å². The summed E-state index contributed by atoms with van der Waals surface area (Å²) in [5.74, 6) is 2.17. The topological polar surface area (TPSA) is 64.1 Å². The van der Waals surface area contributed by atoms with Crippen LogP contribution >= 0.6 is 24.0 Å². The van der Waals surface area contributed by atoms with Gasteiger partial charge in [0.25, 0.3) is 0 Å². The summed E-state index contributed by atoms with van der Waals surface area (Å²) in [5.41, 5.74) is 1.08. The molecule has 0 fully saturated rings. The van der Waals surface area contributed by atoms with Gasteiger partial charge in [0, 0.05) is 26.7 Å². The Morgan fingerprint density at radius 3 is 2.41 bits per heavy atom. The zero-order valence-electron chi connectivity index (χ0n) is 13.8. The number of halogens is 1. The van der Waals surface area contributed by atoms with E-state index in [0.717, 1.165) is 17.3 Å². The number of aliphatic imine (C=N–C) groups is 1. The van der Waals surface area contributed by atoms with Gasteiger partial charge in [-0.1, -0.05) is 6.07 Å². The van der Waals surface area contributed by atoms with Crippen LogP contribution in [0.15, 0.2) is 23.2 Å². The zero-order valence-corrected chi connectivity index (χ0v) is 16.1. The fraction of sp³-hybridized carbons (Fsp3) is 0.533. The van der Waals surface area contributed by atoms with Crippen LogP contribution in [0.25, 0.3) is 0 Å². The van der Waals surface area contributed by atoms with Gasteiger partial charge in [-0.25, -0.2) is 0 Å². The Morgan fingerprint density at radius 1 is 1.18 bits per heavy atom. The maximum absolute atomic E-state index is 5.29. The molecule has 22 heavy (non-hydrogen) atoms. The first-order chi connectivity index (χ1) is 10.1. The largest absolute Gasteiger partial charge is 0.493 e. The average Bonchev–Trinajstić information content (AvgIpc) is 2.51. The van der Waals surface area contributed by atoms with Gasteiger partial charge in [-0.2, -0.15) is 0 Å². The minimum absolute atomic E-state index is 0. The van der Waals surface area contributed by atoms with Gasteiger partial charge in [-0.3, -0.25) is 4.99 Å². The number of methoxy groups -OCH3 is 3. The highest BCUT2D eigenvalue weighted by molar-refractivity contribution is 14.0. The highest BCUT2D eigenvalue weighted by Gasteiger charge is 2.07. The summed E-state index contributed by atoms with van der Waals surface area (Å²) >= 11 is 0. The second kappa shape index (κ2) is 11.4. The lowest BCUT2D eigenvalue weighted by atomic mass is 10.2. The molecule has 0 heterocycles. The number of ether oxygens (including phenoxy) is 3. The predicted octanol–water partition coefficient (Wildman–Crippen LogP) is 2.02. The number of hydrogen-bond acceptors (Lipinski definition) is 4. The monoisotopic (exact) mass is 423 g/mol. The standard InChI is InChI=1S/C15H25N3O3.HI/c1-11(10-19-3)18-15(16-2)17-9-12-6-7-13(20-4)14(8-12)21-5;/h6-8,11H,9-10H2,1-5H3,(H2,16,17,18);1H. The Bertz CT molecular complexity index is 469. The molecule has 1 aromatic rings. The molecule has 126 valence electrons. The molecule has 0 saturated heterocycles. The van der Waals surface area contributed by atoms with Gasteiger partial charge in [0.2, 0.25) is 0 Å². The molecule has 2 N–H and O–H groups in total. The summed E-state index contributed by atoms with van der Waals surface area (Å²) in [7, 11) is 6.67. The van der Waals surface area contributed by atoms with Crippen LogP contribution < -0.4 is 20.1 Å². The van der Waals surface area contributed by atoms with Crippen LogP contribution in [0, 0.1) is 0 Å². The fourth-order valence-electron chi connectivity index (χ4n) is 1.90. The molecule has 1 unspecified atom stereocenters. The maximum atomic E-state index is 5.29. The van der Waals surface area contributed by atoms with Crippen LogP contribution in [0.1, 0.15) is 12.5 Å². The molecule has 0 bridgehead atoms. The molecule has 0 saturated carbocycles. The Morgan fingerprint density at radius 2 is 1.86 bits per heavy atom. The molecule has 0 aliphatic rings. The van der Waals surface area contributed by atoms with E-state index in [1.54, 1.807) is 28.4 Å². The molecule has 0 aliphatic heterocycles. The molecule has 1 atom stereocenters. The van der Waals surface area contributed by atoms with Gasteiger partial charge >= 0.3 is 0 Å². The van der Waals surface area contributed by atoms with Crippen molar-refractivity contribution >= 4 is 29.9 Å². The molecule has 0 radical (unpaired) electrons. The Kier molecular flexibility index (Phi) is 10.7. The molecule has 6 nitrogen and oxygen atoms in total. The lowest BCUT2D eigenvalue weighted by molar-refractivity contribution is 0.179. The molecule has 0 aliphatic carbocycles. The van der Waals surface area contributed by atoms with E-state index in [1.807, 2.05) is 25.1 Å². The fourth-order valence-corrected chi connectivity index (χ4v) is 1.90. The van der Waals surface area contributed by atoms with Crippen molar-refractivity contribution in [2.45, 2.75) is 19.5 Å². The molecule has 1 rings (SSSR count). The molecular formula is C15H26IN3O3. The first-order valence-electron chi connectivity index (χ1n) is 6.81. The van der Waals surface area contributed by atoms with Gasteiger partial charge in [-0.05, 0) is 24.6 Å². The molecule has 7 heteroatoms. The van der Waals surface area contributed by atoms with Crippen LogP contribution in [0.2, 0.25) is 0 Å². The minimum atomic E-state index is 0. The quantitative estimate of drug-likeness (QED) is 0.399. The smallest absolute Gasteiger partial charge is 0.191 e. The lowest BCUT2D eigenvalue weighted by Crippen LogP contribution is -2.43. The maximum Gasteiger partial charge on any atom is 0.191 e.